The van der Waals surface area contributed by atoms with Crippen LogP contribution < -0.4 is 5.32 Å². The third kappa shape index (κ3) is 3.77. The molecule has 1 aliphatic carbocycles. The molecule has 1 aliphatic heterocycles. The average Bonchev–Trinajstić information content (AvgIpc) is 2.98. The third-order valence-electron chi connectivity index (χ3n) is 4.93. The third-order valence-corrected chi connectivity index (χ3v) is 4.93. The molecule has 0 spiro atoms. The SMILES string of the molecule is Cc1ccc([C@H](C2CCCC2)N2CCNCC2)cc1F.Cl. The Kier molecular flexibility index (Phi) is 6.03. The summed E-state index contributed by atoms with van der Waals surface area (Å²) in [5.74, 6) is 0.649. The van der Waals surface area contributed by atoms with Gasteiger partial charge >= 0.3 is 0 Å². The number of piperazine rings is 1. The molecule has 4 heteroatoms. The van der Waals surface area contributed by atoms with Crippen LogP contribution in [0.3, 0.4) is 0 Å². The van der Waals surface area contributed by atoms with Crippen LogP contribution in [0.25, 0.3) is 0 Å². The molecule has 1 aromatic rings. The van der Waals surface area contributed by atoms with E-state index >= 15 is 0 Å². The molecule has 0 radical (unpaired) electrons. The van der Waals surface area contributed by atoms with E-state index in [2.05, 4.69) is 16.3 Å². The topological polar surface area (TPSA) is 15.3 Å². The van der Waals surface area contributed by atoms with Crippen LogP contribution in [0.1, 0.15) is 42.9 Å². The molecule has 1 saturated heterocycles. The molecule has 2 fully saturated rings. The Balaban J connectivity index is 0.00000161. The van der Waals surface area contributed by atoms with Crippen molar-refractivity contribution in [1.82, 2.24) is 10.2 Å². The van der Waals surface area contributed by atoms with Crippen LogP contribution in [0.5, 0.6) is 0 Å². The van der Waals surface area contributed by atoms with Gasteiger partial charge in [-0.25, -0.2) is 4.39 Å². The zero-order chi connectivity index (χ0) is 13.9. The summed E-state index contributed by atoms with van der Waals surface area (Å²) < 4.78 is 14.0. The maximum absolute atomic E-state index is 14.0. The second kappa shape index (κ2) is 7.57. The number of hydrogen-bond acceptors (Lipinski definition) is 2. The van der Waals surface area contributed by atoms with Gasteiger partial charge in [0.25, 0.3) is 0 Å². The first-order valence-corrected chi connectivity index (χ1v) is 7.96. The van der Waals surface area contributed by atoms with E-state index in [0.29, 0.717) is 12.0 Å². The number of hydrogen-bond donors (Lipinski definition) is 1. The minimum absolute atomic E-state index is 0. The van der Waals surface area contributed by atoms with Gasteiger partial charge in [0.05, 0.1) is 0 Å². The lowest BCUT2D eigenvalue weighted by Gasteiger charge is -2.38. The van der Waals surface area contributed by atoms with Crippen LogP contribution in [0, 0.1) is 18.7 Å². The molecule has 1 heterocycles. The number of rotatable bonds is 3. The summed E-state index contributed by atoms with van der Waals surface area (Å²) in [6.45, 7) is 6.11. The summed E-state index contributed by atoms with van der Waals surface area (Å²) in [5, 5.41) is 3.42. The normalized spacial score (nSPS) is 22.0. The summed E-state index contributed by atoms with van der Waals surface area (Å²) >= 11 is 0. The molecular weight excluding hydrogens is 287 g/mol. The second-order valence-corrected chi connectivity index (χ2v) is 6.28. The number of nitrogens with zero attached hydrogens (tertiary/aromatic N) is 1. The highest BCUT2D eigenvalue weighted by molar-refractivity contribution is 5.85. The summed E-state index contributed by atoms with van der Waals surface area (Å²) in [4.78, 5) is 2.57. The first-order chi connectivity index (χ1) is 9.75. The molecule has 1 saturated carbocycles. The Morgan fingerprint density at radius 3 is 2.48 bits per heavy atom. The number of benzene rings is 1. The van der Waals surface area contributed by atoms with Gasteiger partial charge in [-0.1, -0.05) is 25.0 Å². The van der Waals surface area contributed by atoms with Crippen molar-refractivity contribution in [3.8, 4) is 0 Å². The molecule has 21 heavy (non-hydrogen) atoms. The number of halogens is 2. The summed E-state index contributed by atoms with van der Waals surface area (Å²) in [6.07, 6.45) is 5.26. The molecule has 0 amide bonds. The molecule has 0 unspecified atom stereocenters. The number of nitrogens with one attached hydrogen (secondary N) is 1. The van der Waals surface area contributed by atoms with E-state index < -0.39 is 0 Å². The highest BCUT2D eigenvalue weighted by atomic mass is 35.5. The Bertz CT molecular complexity index is 454. The van der Waals surface area contributed by atoms with Crippen LogP contribution in [0.15, 0.2) is 18.2 Å². The fraction of sp³-hybridized carbons (Fsp3) is 0.647. The minimum atomic E-state index is -0.0550. The maximum atomic E-state index is 14.0. The Hall–Kier alpha value is -0.640. The van der Waals surface area contributed by atoms with Crippen molar-refractivity contribution >= 4 is 12.4 Å². The second-order valence-electron chi connectivity index (χ2n) is 6.28. The van der Waals surface area contributed by atoms with Gasteiger partial charge in [0.2, 0.25) is 0 Å². The van der Waals surface area contributed by atoms with Crippen molar-refractivity contribution < 1.29 is 4.39 Å². The van der Waals surface area contributed by atoms with Crippen LogP contribution >= 0.6 is 12.4 Å². The van der Waals surface area contributed by atoms with E-state index in [1.54, 1.807) is 6.07 Å². The van der Waals surface area contributed by atoms with E-state index in [1.165, 1.54) is 31.2 Å². The molecule has 2 nitrogen and oxygen atoms in total. The molecule has 3 rings (SSSR count). The molecule has 1 aromatic carbocycles. The molecule has 1 N–H and O–H groups in total. The molecule has 1 atom stereocenters. The molecule has 0 aromatic heterocycles. The molecule has 0 bridgehead atoms. The first-order valence-electron chi connectivity index (χ1n) is 7.96. The first kappa shape index (κ1) is 16.7. The van der Waals surface area contributed by atoms with Crippen molar-refractivity contribution in [1.29, 1.82) is 0 Å². The summed E-state index contributed by atoms with van der Waals surface area (Å²) in [6, 6.07) is 6.27. The lowest BCUT2D eigenvalue weighted by molar-refractivity contribution is 0.125. The summed E-state index contributed by atoms with van der Waals surface area (Å²) in [5.41, 5.74) is 1.93. The van der Waals surface area contributed by atoms with E-state index in [1.807, 2.05) is 13.0 Å². The largest absolute Gasteiger partial charge is 0.314 e. The lowest BCUT2D eigenvalue weighted by Crippen LogP contribution is -2.46. The maximum Gasteiger partial charge on any atom is 0.126 e. The smallest absolute Gasteiger partial charge is 0.126 e. The van der Waals surface area contributed by atoms with Gasteiger partial charge < -0.3 is 5.32 Å². The lowest BCUT2D eigenvalue weighted by atomic mass is 9.89. The molecule has 118 valence electrons. The molecular formula is C17H26ClFN2. The van der Waals surface area contributed by atoms with E-state index in [-0.39, 0.29) is 18.2 Å². The van der Waals surface area contributed by atoms with Gasteiger partial charge in [-0.05, 0) is 42.9 Å². The van der Waals surface area contributed by atoms with Gasteiger partial charge in [-0.3, -0.25) is 4.90 Å². The zero-order valence-electron chi connectivity index (χ0n) is 12.8. The zero-order valence-corrected chi connectivity index (χ0v) is 13.6. The van der Waals surface area contributed by atoms with Crippen LogP contribution in [-0.2, 0) is 0 Å². The highest BCUT2D eigenvalue weighted by Crippen LogP contribution is 2.39. The Morgan fingerprint density at radius 1 is 1.19 bits per heavy atom. The van der Waals surface area contributed by atoms with Gasteiger partial charge in [-0.15, -0.1) is 12.4 Å². The minimum Gasteiger partial charge on any atom is -0.314 e. The van der Waals surface area contributed by atoms with E-state index in [9.17, 15) is 4.39 Å². The summed E-state index contributed by atoms with van der Waals surface area (Å²) in [7, 11) is 0. The standard InChI is InChI=1S/C17H25FN2.ClH/c1-13-6-7-15(12-16(13)18)17(14-4-2-3-5-14)20-10-8-19-9-11-20;/h6-7,12,14,17,19H,2-5,8-11H2,1H3;1H/t17-;/m0./s1. The number of aryl methyl sites for hydroxylation is 1. The predicted molar refractivity (Wildman–Crippen MR) is 87.5 cm³/mol. The van der Waals surface area contributed by atoms with Crippen LogP contribution in [0.2, 0.25) is 0 Å². The van der Waals surface area contributed by atoms with Crippen LogP contribution in [-0.4, -0.2) is 31.1 Å². The predicted octanol–water partition coefficient (Wildman–Crippen LogP) is 3.69. The van der Waals surface area contributed by atoms with Crippen molar-refractivity contribution in [3.63, 3.8) is 0 Å². The van der Waals surface area contributed by atoms with E-state index in [4.69, 9.17) is 0 Å². The van der Waals surface area contributed by atoms with Crippen molar-refractivity contribution in [2.45, 2.75) is 38.6 Å². The van der Waals surface area contributed by atoms with Crippen molar-refractivity contribution in [2.24, 2.45) is 5.92 Å². The monoisotopic (exact) mass is 312 g/mol. The van der Waals surface area contributed by atoms with Crippen LogP contribution in [0.4, 0.5) is 4.39 Å². The quantitative estimate of drug-likeness (QED) is 0.915. The fourth-order valence-electron chi connectivity index (χ4n) is 3.81. The fourth-order valence-corrected chi connectivity index (χ4v) is 3.81. The Labute approximate surface area is 133 Å². The average molecular weight is 313 g/mol. The van der Waals surface area contributed by atoms with E-state index in [0.717, 1.165) is 31.7 Å². The van der Waals surface area contributed by atoms with Gasteiger partial charge in [-0.2, -0.15) is 0 Å². The molecule has 2 aliphatic rings. The Morgan fingerprint density at radius 2 is 1.86 bits per heavy atom. The van der Waals surface area contributed by atoms with Gasteiger partial charge in [0, 0.05) is 32.2 Å². The van der Waals surface area contributed by atoms with Gasteiger partial charge in [0.15, 0.2) is 0 Å². The van der Waals surface area contributed by atoms with Crippen molar-refractivity contribution in [3.05, 3.63) is 35.1 Å². The van der Waals surface area contributed by atoms with Gasteiger partial charge in [0.1, 0.15) is 5.82 Å². The highest BCUT2D eigenvalue weighted by Gasteiger charge is 2.32. The van der Waals surface area contributed by atoms with Crippen molar-refractivity contribution in [2.75, 3.05) is 26.2 Å².